The van der Waals surface area contributed by atoms with Gasteiger partial charge in [-0.3, -0.25) is 0 Å². The monoisotopic (exact) mass is 453 g/mol. The van der Waals surface area contributed by atoms with Gasteiger partial charge in [-0.15, -0.1) is 4.90 Å². The van der Waals surface area contributed by atoms with Crippen LogP contribution in [0.2, 0.25) is 0 Å². The summed E-state index contributed by atoms with van der Waals surface area (Å²) in [7, 11) is 0. The van der Waals surface area contributed by atoms with E-state index in [4.69, 9.17) is 4.74 Å². The number of rotatable bonds is 7. The third-order valence-electron chi connectivity index (χ3n) is 4.89. The second-order valence-electron chi connectivity index (χ2n) is 7.19. The van der Waals surface area contributed by atoms with Crippen molar-refractivity contribution in [2.24, 2.45) is 5.92 Å². The number of nitrogens with zero attached hydrogens (tertiary/aromatic N) is 1. The minimum Gasteiger partial charge on any atom is -0.490 e. The van der Waals surface area contributed by atoms with Gasteiger partial charge in [-0.25, -0.2) is 13.2 Å². The average Bonchev–Trinajstić information content (AvgIpc) is 2.59. The number of hydrogen-bond acceptors (Lipinski definition) is 3. The van der Waals surface area contributed by atoms with Crippen LogP contribution in [0.5, 0.6) is 5.75 Å². The Morgan fingerprint density at radius 1 is 1.07 bits per heavy atom. The first kappa shape index (κ1) is 24.6. The zero-order valence-corrected chi connectivity index (χ0v) is 15.5. The maximum Gasteiger partial charge on any atom is 0.467 e. The Morgan fingerprint density at radius 3 is 2.17 bits per heavy atom. The lowest BCUT2D eigenvalue weighted by atomic mass is 9.87. The normalized spacial score (nSPS) is 19.2. The molecule has 1 atom stereocenters. The van der Waals surface area contributed by atoms with Crippen molar-refractivity contribution in [2.45, 2.75) is 56.7 Å². The number of hydrogen-bond donors (Lipinski definition) is 1. The van der Waals surface area contributed by atoms with Crippen LogP contribution in [0, 0.1) is 11.7 Å². The molecule has 3 nitrogen and oxygen atoms in total. The van der Waals surface area contributed by atoms with Crippen LogP contribution in [-0.4, -0.2) is 41.7 Å². The molecular weight excluding hydrogens is 433 g/mol. The zero-order chi connectivity index (χ0) is 22.7. The Bertz CT molecular complexity index is 682. The lowest BCUT2D eigenvalue weighted by molar-refractivity contribution is -0.373. The van der Waals surface area contributed by atoms with Crippen molar-refractivity contribution in [2.75, 3.05) is 13.2 Å². The van der Waals surface area contributed by atoms with Gasteiger partial charge in [0.05, 0.1) is 12.7 Å². The van der Waals surface area contributed by atoms with Crippen LogP contribution in [0.15, 0.2) is 18.2 Å². The van der Waals surface area contributed by atoms with E-state index in [0.29, 0.717) is 0 Å². The van der Waals surface area contributed by atoms with Crippen LogP contribution in [-0.2, 0) is 0 Å². The molecule has 0 heterocycles. The van der Waals surface area contributed by atoms with Crippen molar-refractivity contribution < 1.29 is 49.4 Å². The number of aliphatic hydroxyl groups is 1. The molecule has 0 spiro atoms. The molecule has 1 N–H and O–H groups in total. The molecule has 2 rings (SSSR count). The summed E-state index contributed by atoms with van der Waals surface area (Å²) in [6, 6.07) is 2.84. The molecule has 1 aromatic carbocycles. The first-order chi connectivity index (χ1) is 13.7. The van der Waals surface area contributed by atoms with Gasteiger partial charge in [0, 0.05) is 19.4 Å². The maximum absolute atomic E-state index is 13.9. The number of alkyl halides is 8. The molecule has 0 aromatic heterocycles. The van der Waals surface area contributed by atoms with Gasteiger partial charge >= 0.3 is 12.6 Å². The molecule has 0 radical (unpaired) electrons. The smallest absolute Gasteiger partial charge is 0.467 e. The molecule has 172 valence electrons. The fraction of sp³-hybridized carbons (Fsp3) is 0.667. The minimum absolute atomic E-state index is 0.0809. The summed E-state index contributed by atoms with van der Waals surface area (Å²) in [5.74, 6) is -4.22. The van der Waals surface area contributed by atoms with Gasteiger partial charge in [0.15, 0.2) is 11.6 Å². The highest BCUT2D eigenvalue weighted by molar-refractivity contribution is 5.31. The summed E-state index contributed by atoms with van der Waals surface area (Å²) in [4.78, 5) is -1.66. The molecule has 30 heavy (non-hydrogen) atoms. The molecule has 0 amide bonds. The van der Waals surface area contributed by atoms with Gasteiger partial charge in [-0.05, 0) is 42.9 Å². The SMILES string of the molecule is OC(CCN(C(F)(F)F)C(F)(F)F)c1ccc(F)c(OCC2CCC(F)(F)CC2)c1. The number of ether oxygens (including phenoxy) is 1. The summed E-state index contributed by atoms with van der Waals surface area (Å²) < 4.78 is 121. The van der Waals surface area contributed by atoms with E-state index >= 15 is 0 Å². The summed E-state index contributed by atoms with van der Waals surface area (Å²) in [6.07, 6.45) is -14.3. The van der Waals surface area contributed by atoms with Crippen molar-refractivity contribution >= 4 is 0 Å². The van der Waals surface area contributed by atoms with Gasteiger partial charge in [0.2, 0.25) is 5.92 Å². The van der Waals surface area contributed by atoms with Gasteiger partial charge in [-0.1, -0.05) is 6.07 Å². The van der Waals surface area contributed by atoms with E-state index in [9.17, 15) is 44.6 Å². The van der Waals surface area contributed by atoms with Gasteiger partial charge in [0.25, 0.3) is 0 Å². The molecule has 1 aliphatic carbocycles. The van der Waals surface area contributed by atoms with E-state index in [-0.39, 0.29) is 49.5 Å². The van der Waals surface area contributed by atoms with Gasteiger partial charge in [-0.2, -0.15) is 26.3 Å². The van der Waals surface area contributed by atoms with E-state index in [2.05, 4.69) is 0 Å². The van der Waals surface area contributed by atoms with Crippen LogP contribution in [0.4, 0.5) is 39.5 Å². The maximum atomic E-state index is 13.9. The molecule has 1 aromatic rings. The van der Waals surface area contributed by atoms with Crippen molar-refractivity contribution in [3.63, 3.8) is 0 Å². The summed E-state index contributed by atoms with van der Waals surface area (Å²) in [6.45, 7) is -1.64. The zero-order valence-electron chi connectivity index (χ0n) is 15.5. The Kier molecular flexibility index (Phi) is 7.54. The number of benzene rings is 1. The Hall–Kier alpha value is -1.69. The average molecular weight is 453 g/mol. The Balaban J connectivity index is 1.98. The highest BCUT2D eigenvalue weighted by Gasteiger charge is 2.53. The van der Waals surface area contributed by atoms with Crippen molar-refractivity contribution in [3.05, 3.63) is 29.6 Å². The molecule has 1 unspecified atom stereocenters. The van der Waals surface area contributed by atoms with Gasteiger partial charge in [0.1, 0.15) is 0 Å². The molecule has 0 saturated heterocycles. The van der Waals surface area contributed by atoms with E-state index in [1.54, 1.807) is 0 Å². The van der Waals surface area contributed by atoms with Crippen molar-refractivity contribution in [3.8, 4) is 5.75 Å². The molecule has 1 saturated carbocycles. The standard InChI is InChI=1S/C18H20F9NO2/c19-13-2-1-12(14(29)5-8-28(17(22,23)24)18(25,26)27)9-15(13)30-10-11-3-6-16(20,21)7-4-11/h1-2,9,11,14,29H,3-8,10H2. The lowest BCUT2D eigenvalue weighted by Gasteiger charge is -2.28. The van der Waals surface area contributed by atoms with Crippen LogP contribution < -0.4 is 4.74 Å². The molecular formula is C18H20F9NO2. The van der Waals surface area contributed by atoms with E-state index in [1.807, 2.05) is 0 Å². The highest BCUT2D eigenvalue weighted by Crippen LogP contribution is 2.37. The van der Waals surface area contributed by atoms with Crippen LogP contribution >= 0.6 is 0 Å². The quantitative estimate of drug-likeness (QED) is 0.419. The van der Waals surface area contributed by atoms with Gasteiger partial charge < -0.3 is 9.84 Å². The van der Waals surface area contributed by atoms with Crippen molar-refractivity contribution in [1.82, 2.24) is 4.90 Å². The predicted molar refractivity (Wildman–Crippen MR) is 87.2 cm³/mol. The first-order valence-corrected chi connectivity index (χ1v) is 9.08. The summed E-state index contributed by atoms with van der Waals surface area (Å²) in [5.41, 5.74) is -0.133. The topological polar surface area (TPSA) is 32.7 Å². The molecule has 0 aliphatic heterocycles. The predicted octanol–water partition coefficient (Wildman–Crippen LogP) is 5.80. The Labute approximate surface area is 166 Å². The third-order valence-corrected chi connectivity index (χ3v) is 4.89. The van der Waals surface area contributed by atoms with E-state index in [1.165, 1.54) is 0 Å². The largest absolute Gasteiger partial charge is 0.490 e. The molecule has 0 bridgehead atoms. The molecule has 12 heteroatoms. The third kappa shape index (κ3) is 6.93. The second-order valence-corrected chi connectivity index (χ2v) is 7.19. The fourth-order valence-corrected chi connectivity index (χ4v) is 3.13. The minimum atomic E-state index is -5.67. The molecule has 1 aliphatic rings. The second kappa shape index (κ2) is 9.21. The van der Waals surface area contributed by atoms with Crippen LogP contribution in [0.25, 0.3) is 0 Å². The first-order valence-electron chi connectivity index (χ1n) is 9.08. The summed E-state index contributed by atoms with van der Waals surface area (Å²) >= 11 is 0. The lowest BCUT2D eigenvalue weighted by Crippen LogP contribution is -2.48. The van der Waals surface area contributed by atoms with Crippen LogP contribution in [0.3, 0.4) is 0 Å². The highest BCUT2D eigenvalue weighted by atomic mass is 19.4. The van der Waals surface area contributed by atoms with E-state index < -0.39 is 48.3 Å². The number of halogens is 9. The van der Waals surface area contributed by atoms with E-state index in [0.717, 1.165) is 18.2 Å². The fourth-order valence-electron chi connectivity index (χ4n) is 3.13. The number of aliphatic hydroxyl groups excluding tert-OH is 1. The molecule has 1 fully saturated rings. The Morgan fingerprint density at radius 2 is 1.63 bits per heavy atom. The summed E-state index contributed by atoms with van der Waals surface area (Å²) in [5, 5.41) is 9.97. The van der Waals surface area contributed by atoms with Crippen LogP contribution in [0.1, 0.15) is 43.8 Å². The van der Waals surface area contributed by atoms with Crippen molar-refractivity contribution in [1.29, 1.82) is 0 Å².